The Hall–Kier alpha value is -0.990. The fraction of sp³-hybridized carbons (Fsp3) is 0.914. The third kappa shape index (κ3) is 16.2. The zero-order chi connectivity index (χ0) is 30.6. The maximum Gasteiger partial charge on any atom is 0.334 e. The molecule has 0 spiro atoms. The first-order valence-corrected chi connectivity index (χ1v) is 17.6. The third-order valence-electron chi connectivity index (χ3n) is 9.14. The monoisotopic (exact) mass is 596 g/mol. The minimum Gasteiger partial charge on any atom is -0.455 e. The van der Waals surface area contributed by atoms with Crippen LogP contribution in [0.15, 0.2) is 11.6 Å². The molecule has 0 radical (unpaired) electrons. The summed E-state index contributed by atoms with van der Waals surface area (Å²) < 4.78 is 11.2. The van der Waals surface area contributed by atoms with Crippen LogP contribution in [0, 0.1) is 0 Å². The zero-order valence-corrected chi connectivity index (χ0v) is 26.9. The number of hydrogen-bond donors (Lipinski definition) is 4. The second kappa shape index (κ2) is 22.5. The van der Waals surface area contributed by atoms with Gasteiger partial charge in [-0.1, -0.05) is 103 Å². The van der Waals surface area contributed by atoms with Gasteiger partial charge in [-0.15, -0.1) is 0 Å². The fourth-order valence-electron chi connectivity index (χ4n) is 6.40. The van der Waals surface area contributed by atoms with Crippen LogP contribution >= 0.6 is 0 Å². The Kier molecular flexibility index (Phi) is 19.9. The summed E-state index contributed by atoms with van der Waals surface area (Å²) in [5.41, 5.74) is 0.600. The van der Waals surface area contributed by atoms with E-state index >= 15 is 0 Å². The van der Waals surface area contributed by atoms with E-state index in [1.165, 1.54) is 51.4 Å². The van der Waals surface area contributed by atoms with Gasteiger partial charge in [0.2, 0.25) is 0 Å². The lowest BCUT2D eigenvalue weighted by molar-refractivity contribution is -0.139. The molecule has 0 saturated carbocycles. The van der Waals surface area contributed by atoms with Crippen LogP contribution in [-0.4, -0.2) is 69.1 Å². The summed E-state index contributed by atoms with van der Waals surface area (Å²) in [6.45, 7) is 4.07. The lowest BCUT2D eigenvalue weighted by Gasteiger charge is -2.22. The van der Waals surface area contributed by atoms with E-state index in [9.17, 15) is 25.2 Å². The van der Waals surface area contributed by atoms with Gasteiger partial charge in [-0.3, -0.25) is 0 Å². The molecule has 2 heterocycles. The minimum atomic E-state index is -0.781. The number of hydrogen-bond acceptors (Lipinski definition) is 7. The summed E-state index contributed by atoms with van der Waals surface area (Å²) in [6, 6.07) is 0. The van der Waals surface area contributed by atoms with Crippen molar-refractivity contribution in [1.29, 1.82) is 0 Å². The van der Waals surface area contributed by atoms with Crippen LogP contribution in [0.25, 0.3) is 0 Å². The molecule has 2 aliphatic rings. The molecule has 2 aliphatic heterocycles. The van der Waals surface area contributed by atoms with E-state index in [0.29, 0.717) is 37.7 Å². The quantitative estimate of drug-likeness (QED) is 0.0624. The molecule has 0 unspecified atom stereocenters. The molecular formula is C35H64O7. The van der Waals surface area contributed by atoms with Gasteiger partial charge in [0.25, 0.3) is 0 Å². The number of cyclic esters (lactones) is 1. The molecule has 7 atom stereocenters. The number of esters is 1. The Labute approximate surface area is 256 Å². The van der Waals surface area contributed by atoms with Gasteiger partial charge in [0.1, 0.15) is 6.10 Å². The van der Waals surface area contributed by atoms with E-state index in [-0.39, 0.29) is 24.3 Å². The van der Waals surface area contributed by atoms with Gasteiger partial charge < -0.3 is 29.9 Å². The van der Waals surface area contributed by atoms with Gasteiger partial charge in [0, 0.05) is 12.0 Å². The topological polar surface area (TPSA) is 116 Å². The summed E-state index contributed by atoms with van der Waals surface area (Å²) in [7, 11) is 0. The van der Waals surface area contributed by atoms with Crippen molar-refractivity contribution in [2.24, 2.45) is 0 Å². The Morgan fingerprint density at radius 2 is 1.31 bits per heavy atom. The predicted molar refractivity (Wildman–Crippen MR) is 168 cm³/mol. The lowest BCUT2D eigenvalue weighted by Crippen LogP contribution is -2.31. The second-order valence-electron chi connectivity index (χ2n) is 13.1. The molecule has 246 valence electrons. The number of aliphatic hydroxyl groups is 4. The molecule has 0 aliphatic carbocycles. The first-order valence-electron chi connectivity index (χ1n) is 17.6. The van der Waals surface area contributed by atoms with Crippen LogP contribution in [0.4, 0.5) is 0 Å². The lowest BCUT2D eigenvalue weighted by atomic mass is 9.97. The zero-order valence-electron chi connectivity index (χ0n) is 26.9. The molecule has 7 nitrogen and oxygen atoms in total. The molecule has 0 aromatic carbocycles. The molecule has 0 aromatic rings. The maximum atomic E-state index is 11.7. The van der Waals surface area contributed by atoms with E-state index in [0.717, 1.165) is 64.2 Å². The van der Waals surface area contributed by atoms with Crippen LogP contribution < -0.4 is 0 Å². The Bertz CT molecular complexity index is 726. The van der Waals surface area contributed by atoms with Crippen molar-refractivity contribution in [3.8, 4) is 0 Å². The van der Waals surface area contributed by atoms with Gasteiger partial charge in [-0.2, -0.15) is 0 Å². The standard InChI is InChI=1S/C35H64O7/c1-3-4-5-6-7-8-9-10-14-17-20-31(37)32(38)22-23-33(39)34-24-21-30(42-34)19-16-13-11-12-15-18-29(36)26-28-25-27(2)41-35(28)40/h25,27,29-34,36-39H,3-24,26H2,1-2H3/t27-,29+,30+,31-,32+,33-,34-/m1/s1. The predicted octanol–water partition coefficient (Wildman–Crippen LogP) is 7.06. The number of rotatable bonds is 26. The Balaban J connectivity index is 1.42. The van der Waals surface area contributed by atoms with Gasteiger partial charge in [0.05, 0.1) is 36.6 Å². The SMILES string of the molecule is CCCCCCCCCCCC[C@@H](O)[C@@H](O)CC[C@@H](O)[C@H]1CC[C@H](CCCCCCC[C@H](O)CC2=C[C@@H](C)OC2=O)O1. The number of carbonyl (C=O) groups is 1. The fourth-order valence-corrected chi connectivity index (χ4v) is 6.40. The van der Waals surface area contributed by atoms with Gasteiger partial charge in [-0.25, -0.2) is 4.79 Å². The maximum absolute atomic E-state index is 11.7. The Morgan fingerprint density at radius 1 is 0.738 bits per heavy atom. The first kappa shape index (κ1) is 37.2. The number of unbranched alkanes of at least 4 members (excludes halogenated alkanes) is 13. The third-order valence-corrected chi connectivity index (χ3v) is 9.14. The van der Waals surface area contributed by atoms with Crippen molar-refractivity contribution in [2.75, 3.05) is 0 Å². The van der Waals surface area contributed by atoms with E-state index < -0.39 is 24.4 Å². The summed E-state index contributed by atoms with van der Waals surface area (Å²) in [5, 5.41) is 41.6. The molecule has 4 N–H and O–H groups in total. The van der Waals surface area contributed by atoms with E-state index in [4.69, 9.17) is 9.47 Å². The molecule has 7 heteroatoms. The van der Waals surface area contributed by atoms with Crippen molar-refractivity contribution < 1.29 is 34.7 Å². The van der Waals surface area contributed by atoms with E-state index in [1.54, 1.807) is 6.08 Å². The highest BCUT2D eigenvalue weighted by atomic mass is 16.5. The molecule has 0 bridgehead atoms. The van der Waals surface area contributed by atoms with Crippen LogP contribution in [0.2, 0.25) is 0 Å². The van der Waals surface area contributed by atoms with E-state index in [1.807, 2.05) is 6.92 Å². The summed E-state index contributed by atoms with van der Waals surface area (Å²) in [6.07, 6.45) is 22.4. The van der Waals surface area contributed by atoms with Crippen LogP contribution in [0.5, 0.6) is 0 Å². The molecule has 1 fully saturated rings. The molecule has 1 saturated heterocycles. The van der Waals surface area contributed by atoms with Crippen LogP contribution in [-0.2, 0) is 14.3 Å². The van der Waals surface area contributed by atoms with Crippen molar-refractivity contribution in [2.45, 2.75) is 204 Å². The molecule has 0 aromatic heterocycles. The summed E-state index contributed by atoms with van der Waals surface area (Å²) in [4.78, 5) is 11.7. The number of ether oxygens (including phenoxy) is 2. The number of aliphatic hydroxyl groups excluding tert-OH is 4. The second-order valence-corrected chi connectivity index (χ2v) is 13.1. The smallest absolute Gasteiger partial charge is 0.334 e. The van der Waals surface area contributed by atoms with E-state index in [2.05, 4.69) is 6.92 Å². The summed E-state index contributed by atoms with van der Waals surface area (Å²) >= 11 is 0. The first-order chi connectivity index (χ1) is 20.3. The molecule has 0 amide bonds. The largest absolute Gasteiger partial charge is 0.455 e. The van der Waals surface area contributed by atoms with Crippen molar-refractivity contribution in [3.63, 3.8) is 0 Å². The Morgan fingerprint density at radius 3 is 1.93 bits per heavy atom. The minimum absolute atomic E-state index is 0.168. The average Bonchev–Trinajstić information content (AvgIpc) is 3.57. The highest BCUT2D eigenvalue weighted by Gasteiger charge is 2.31. The van der Waals surface area contributed by atoms with Crippen molar-refractivity contribution >= 4 is 5.97 Å². The number of carbonyl (C=O) groups excluding carboxylic acids is 1. The molecule has 2 rings (SSSR count). The van der Waals surface area contributed by atoms with Crippen molar-refractivity contribution in [1.82, 2.24) is 0 Å². The van der Waals surface area contributed by atoms with Gasteiger partial charge in [-0.05, 0) is 57.9 Å². The highest BCUT2D eigenvalue weighted by Crippen LogP contribution is 2.28. The van der Waals surface area contributed by atoms with Gasteiger partial charge >= 0.3 is 5.97 Å². The summed E-state index contributed by atoms with van der Waals surface area (Å²) in [5.74, 6) is -0.295. The van der Waals surface area contributed by atoms with Crippen LogP contribution in [0.3, 0.4) is 0 Å². The molecule has 42 heavy (non-hydrogen) atoms. The average molecular weight is 597 g/mol. The normalized spacial score (nSPS) is 23.5. The van der Waals surface area contributed by atoms with Crippen LogP contribution in [0.1, 0.15) is 162 Å². The molecular weight excluding hydrogens is 532 g/mol. The van der Waals surface area contributed by atoms with Crippen molar-refractivity contribution in [3.05, 3.63) is 11.6 Å². The highest BCUT2D eigenvalue weighted by molar-refractivity contribution is 5.90. The van der Waals surface area contributed by atoms with Gasteiger partial charge in [0.15, 0.2) is 0 Å².